The molecule has 0 fully saturated rings. The molecule has 0 unspecified atom stereocenters. The van der Waals surface area contributed by atoms with Crippen molar-refractivity contribution in [1.29, 1.82) is 0 Å². The summed E-state index contributed by atoms with van der Waals surface area (Å²) in [4.78, 5) is 0. The van der Waals surface area contributed by atoms with Crippen LogP contribution < -0.4 is 4.74 Å². The zero-order chi connectivity index (χ0) is 14.4. The third-order valence-electron chi connectivity index (χ3n) is 2.94. The first kappa shape index (κ1) is 14.5. The maximum absolute atomic E-state index is 12.1. The third-order valence-corrected chi connectivity index (χ3v) is 2.94. The maximum Gasteiger partial charge on any atom is 0.387 e. The van der Waals surface area contributed by atoms with Gasteiger partial charge in [0.05, 0.1) is 6.61 Å². The van der Waals surface area contributed by atoms with E-state index < -0.39 is 6.61 Å². The normalized spacial score (nSPS) is 11.1. The van der Waals surface area contributed by atoms with Gasteiger partial charge in [0.2, 0.25) is 0 Å². The molecule has 20 heavy (non-hydrogen) atoms. The SMILES string of the molecule is OC[C](Cc1ccccc1)c1ccc(OC(F)F)cc1. The molecule has 0 amide bonds. The van der Waals surface area contributed by atoms with Gasteiger partial charge in [-0.2, -0.15) is 8.78 Å². The van der Waals surface area contributed by atoms with Crippen LogP contribution in [0.2, 0.25) is 0 Å². The van der Waals surface area contributed by atoms with E-state index in [1.165, 1.54) is 12.1 Å². The van der Waals surface area contributed by atoms with Crippen molar-refractivity contribution in [2.45, 2.75) is 13.0 Å². The predicted molar refractivity (Wildman–Crippen MR) is 72.7 cm³/mol. The van der Waals surface area contributed by atoms with Crippen LogP contribution in [0, 0.1) is 5.92 Å². The van der Waals surface area contributed by atoms with Crippen LogP contribution in [0.5, 0.6) is 5.75 Å². The van der Waals surface area contributed by atoms with Crippen LogP contribution in [0.3, 0.4) is 0 Å². The van der Waals surface area contributed by atoms with Crippen LogP contribution in [0.15, 0.2) is 54.6 Å². The first-order chi connectivity index (χ1) is 9.69. The van der Waals surface area contributed by atoms with Crippen molar-refractivity contribution in [1.82, 2.24) is 0 Å². The van der Waals surface area contributed by atoms with Crippen molar-refractivity contribution in [2.75, 3.05) is 6.61 Å². The van der Waals surface area contributed by atoms with Gasteiger partial charge in [-0.15, -0.1) is 0 Å². The van der Waals surface area contributed by atoms with E-state index in [4.69, 9.17) is 0 Å². The van der Waals surface area contributed by atoms with Crippen molar-refractivity contribution in [3.05, 3.63) is 71.6 Å². The Kier molecular flexibility index (Phi) is 5.07. The second-order valence-electron chi connectivity index (χ2n) is 4.33. The topological polar surface area (TPSA) is 29.5 Å². The molecule has 0 aliphatic rings. The van der Waals surface area contributed by atoms with Crippen molar-refractivity contribution < 1.29 is 18.6 Å². The highest BCUT2D eigenvalue weighted by atomic mass is 19.3. The Morgan fingerprint density at radius 2 is 1.65 bits per heavy atom. The third kappa shape index (κ3) is 4.03. The lowest BCUT2D eigenvalue weighted by Crippen LogP contribution is -2.09. The molecule has 0 aliphatic carbocycles. The average molecular weight is 277 g/mol. The average Bonchev–Trinajstić information content (AvgIpc) is 2.46. The standard InChI is InChI=1S/C16H15F2O2/c17-16(18)20-15-8-6-13(7-9-15)14(11-19)10-12-4-2-1-3-5-12/h1-9,16,19H,10-11H2. The molecule has 0 heterocycles. The van der Waals surface area contributed by atoms with E-state index in [0.717, 1.165) is 17.0 Å². The van der Waals surface area contributed by atoms with E-state index in [2.05, 4.69) is 4.74 Å². The van der Waals surface area contributed by atoms with Gasteiger partial charge in [-0.3, -0.25) is 0 Å². The summed E-state index contributed by atoms with van der Waals surface area (Å²) in [5.41, 5.74) is 1.91. The summed E-state index contributed by atoms with van der Waals surface area (Å²) in [5.74, 6) is 0.945. The summed E-state index contributed by atoms with van der Waals surface area (Å²) in [6.45, 7) is -2.91. The summed E-state index contributed by atoms with van der Waals surface area (Å²) in [6, 6.07) is 16.0. The molecular weight excluding hydrogens is 262 g/mol. The molecule has 0 spiro atoms. The van der Waals surface area contributed by atoms with Gasteiger partial charge in [0.15, 0.2) is 0 Å². The van der Waals surface area contributed by atoms with Crippen molar-refractivity contribution in [3.63, 3.8) is 0 Å². The molecule has 1 N–H and O–H groups in total. The lowest BCUT2D eigenvalue weighted by atomic mass is 9.93. The summed E-state index contributed by atoms with van der Waals surface area (Å²) in [7, 11) is 0. The van der Waals surface area contributed by atoms with Crippen LogP contribution >= 0.6 is 0 Å². The number of hydrogen-bond acceptors (Lipinski definition) is 2. The van der Waals surface area contributed by atoms with Crippen LogP contribution in [-0.4, -0.2) is 18.3 Å². The minimum atomic E-state index is -2.83. The van der Waals surface area contributed by atoms with Gasteiger partial charge >= 0.3 is 6.61 Å². The highest BCUT2D eigenvalue weighted by molar-refractivity contribution is 5.38. The molecule has 0 saturated heterocycles. The highest BCUT2D eigenvalue weighted by Crippen LogP contribution is 2.23. The van der Waals surface area contributed by atoms with E-state index in [9.17, 15) is 13.9 Å². The molecule has 2 rings (SSSR count). The molecule has 105 valence electrons. The first-order valence-electron chi connectivity index (χ1n) is 6.24. The monoisotopic (exact) mass is 277 g/mol. The highest BCUT2D eigenvalue weighted by Gasteiger charge is 2.13. The number of aliphatic hydroxyl groups is 1. The Balaban J connectivity index is 2.07. The lowest BCUT2D eigenvalue weighted by molar-refractivity contribution is -0.0498. The Labute approximate surface area is 116 Å². The Morgan fingerprint density at radius 1 is 1.00 bits per heavy atom. The first-order valence-corrected chi connectivity index (χ1v) is 6.24. The smallest absolute Gasteiger partial charge is 0.387 e. The molecule has 0 aliphatic heterocycles. The Bertz CT molecular complexity index is 512. The molecule has 4 heteroatoms. The Hall–Kier alpha value is -1.94. The summed E-state index contributed by atoms with van der Waals surface area (Å²) >= 11 is 0. The van der Waals surface area contributed by atoms with Gasteiger partial charge in [0, 0.05) is 5.92 Å². The number of halogens is 2. The molecule has 2 aromatic carbocycles. The zero-order valence-corrected chi connectivity index (χ0v) is 10.8. The van der Waals surface area contributed by atoms with E-state index in [-0.39, 0.29) is 12.4 Å². The van der Waals surface area contributed by atoms with Gasteiger partial charge in [-0.05, 0) is 29.7 Å². The summed E-state index contributed by atoms with van der Waals surface area (Å²) < 4.78 is 28.4. The van der Waals surface area contributed by atoms with E-state index in [0.29, 0.717) is 6.42 Å². The Morgan fingerprint density at radius 3 is 2.20 bits per heavy atom. The maximum atomic E-state index is 12.1. The molecule has 1 radical (unpaired) electrons. The van der Waals surface area contributed by atoms with Crippen molar-refractivity contribution in [2.24, 2.45) is 0 Å². The summed E-state index contributed by atoms with van der Waals surface area (Å²) in [5, 5.41) is 9.47. The van der Waals surface area contributed by atoms with Gasteiger partial charge < -0.3 is 9.84 Å². The van der Waals surface area contributed by atoms with Crippen molar-refractivity contribution in [3.8, 4) is 5.75 Å². The number of aliphatic hydroxyl groups excluding tert-OH is 1. The molecule has 0 bridgehead atoms. The molecule has 0 saturated carbocycles. The number of hydrogen-bond donors (Lipinski definition) is 1. The van der Waals surface area contributed by atoms with Crippen molar-refractivity contribution >= 4 is 0 Å². The van der Waals surface area contributed by atoms with E-state index >= 15 is 0 Å². The van der Waals surface area contributed by atoms with Gasteiger partial charge in [-0.25, -0.2) is 0 Å². The molecule has 2 nitrogen and oxygen atoms in total. The van der Waals surface area contributed by atoms with E-state index in [1.807, 2.05) is 30.3 Å². The number of rotatable bonds is 6. The second-order valence-corrected chi connectivity index (χ2v) is 4.33. The number of alkyl halides is 2. The zero-order valence-electron chi connectivity index (χ0n) is 10.8. The second kappa shape index (κ2) is 7.01. The number of benzene rings is 2. The van der Waals surface area contributed by atoms with Gasteiger partial charge in [0.25, 0.3) is 0 Å². The molecule has 0 atom stereocenters. The van der Waals surface area contributed by atoms with Crippen LogP contribution in [0.4, 0.5) is 8.78 Å². The largest absolute Gasteiger partial charge is 0.435 e. The van der Waals surface area contributed by atoms with Crippen LogP contribution in [0.1, 0.15) is 11.1 Å². The predicted octanol–water partition coefficient (Wildman–Crippen LogP) is 3.45. The van der Waals surface area contributed by atoms with Crippen LogP contribution in [-0.2, 0) is 6.42 Å². The summed E-state index contributed by atoms with van der Waals surface area (Å²) in [6.07, 6.45) is 0.617. The minimum absolute atomic E-state index is 0.0794. The molecule has 0 aromatic heterocycles. The van der Waals surface area contributed by atoms with Gasteiger partial charge in [0.1, 0.15) is 5.75 Å². The number of ether oxygens (including phenoxy) is 1. The fraction of sp³-hybridized carbons (Fsp3) is 0.188. The van der Waals surface area contributed by atoms with Gasteiger partial charge in [-0.1, -0.05) is 42.5 Å². The van der Waals surface area contributed by atoms with Crippen LogP contribution in [0.25, 0.3) is 0 Å². The molecule has 2 aromatic rings. The minimum Gasteiger partial charge on any atom is -0.435 e. The lowest BCUT2D eigenvalue weighted by Gasteiger charge is -2.14. The fourth-order valence-electron chi connectivity index (χ4n) is 1.96. The quantitative estimate of drug-likeness (QED) is 0.876. The van der Waals surface area contributed by atoms with E-state index in [1.54, 1.807) is 12.1 Å². The fourth-order valence-corrected chi connectivity index (χ4v) is 1.96. The molecular formula is C16H15F2O2.